The van der Waals surface area contributed by atoms with Gasteiger partial charge in [0.15, 0.2) is 0 Å². The molecule has 0 aliphatic carbocycles. The monoisotopic (exact) mass is 138 g/mol. The molecule has 1 aromatic heterocycles. The number of H-pyrrole nitrogens is 1. The lowest BCUT2D eigenvalue weighted by Gasteiger charge is -1.97. The number of aromatic amines is 1. The third kappa shape index (κ3) is 1.07. The van der Waals surface area contributed by atoms with Crippen LogP contribution in [-0.4, -0.2) is 9.97 Å². The third-order valence-corrected chi connectivity index (χ3v) is 1.51. The molecule has 0 spiro atoms. The second-order valence-electron chi connectivity index (χ2n) is 2.36. The molecule has 0 saturated carbocycles. The maximum absolute atomic E-state index is 11.0. The van der Waals surface area contributed by atoms with Crippen molar-refractivity contribution in [2.24, 2.45) is 0 Å². The maximum atomic E-state index is 11.0. The van der Waals surface area contributed by atoms with Crippen LogP contribution in [0.25, 0.3) is 0 Å². The molecule has 3 nitrogen and oxygen atoms in total. The summed E-state index contributed by atoms with van der Waals surface area (Å²) in [5.74, 6) is 0.674. The summed E-state index contributed by atoms with van der Waals surface area (Å²) in [5, 5.41) is 0. The number of rotatable bonds is 0. The zero-order valence-corrected chi connectivity index (χ0v) is 6.36. The van der Waals surface area contributed by atoms with Crippen molar-refractivity contribution in [2.75, 3.05) is 0 Å². The van der Waals surface area contributed by atoms with E-state index < -0.39 is 0 Å². The molecule has 1 heterocycles. The average Bonchev–Trinajstić information content (AvgIpc) is 1.82. The smallest absolute Gasteiger partial charge is 0.254 e. The van der Waals surface area contributed by atoms with Gasteiger partial charge in [0.2, 0.25) is 0 Å². The highest BCUT2D eigenvalue weighted by atomic mass is 16.1. The first-order valence-corrected chi connectivity index (χ1v) is 3.15. The molecule has 0 aromatic carbocycles. The van der Waals surface area contributed by atoms with Crippen molar-refractivity contribution in [3.8, 4) is 0 Å². The third-order valence-electron chi connectivity index (χ3n) is 1.51. The Morgan fingerprint density at radius 2 is 1.90 bits per heavy atom. The highest BCUT2D eigenvalue weighted by Crippen LogP contribution is 1.94. The Balaban J connectivity index is 3.46. The molecule has 0 saturated heterocycles. The van der Waals surface area contributed by atoms with Gasteiger partial charge in [0.1, 0.15) is 5.82 Å². The Kier molecular flexibility index (Phi) is 1.57. The van der Waals surface area contributed by atoms with Gasteiger partial charge in [-0.15, -0.1) is 0 Å². The van der Waals surface area contributed by atoms with Crippen LogP contribution in [0.2, 0.25) is 0 Å². The van der Waals surface area contributed by atoms with E-state index in [2.05, 4.69) is 9.97 Å². The van der Waals surface area contributed by atoms with Crippen LogP contribution in [0.5, 0.6) is 0 Å². The van der Waals surface area contributed by atoms with Crippen LogP contribution in [0.3, 0.4) is 0 Å². The van der Waals surface area contributed by atoms with E-state index in [1.54, 1.807) is 13.8 Å². The Labute approximate surface area is 59.1 Å². The number of aromatic nitrogens is 2. The van der Waals surface area contributed by atoms with Gasteiger partial charge in [0.25, 0.3) is 5.56 Å². The largest absolute Gasteiger partial charge is 0.311 e. The van der Waals surface area contributed by atoms with E-state index in [9.17, 15) is 4.79 Å². The van der Waals surface area contributed by atoms with Crippen LogP contribution in [-0.2, 0) is 0 Å². The Hall–Kier alpha value is -1.12. The summed E-state index contributed by atoms with van der Waals surface area (Å²) in [5.41, 5.74) is 1.47. The number of hydrogen-bond acceptors (Lipinski definition) is 2. The van der Waals surface area contributed by atoms with E-state index in [0.717, 1.165) is 5.69 Å². The van der Waals surface area contributed by atoms with E-state index in [0.29, 0.717) is 11.4 Å². The van der Waals surface area contributed by atoms with E-state index in [4.69, 9.17) is 0 Å². The standard InChI is InChI=1S/C7H10N2O/c1-4-5(2)8-6(3)9-7(4)10/h1-3H3,(H,8,9,10). The normalized spacial score (nSPS) is 9.90. The van der Waals surface area contributed by atoms with Gasteiger partial charge in [0, 0.05) is 11.3 Å². The fraction of sp³-hybridized carbons (Fsp3) is 0.429. The molecule has 1 rings (SSSR count). The second-order valence-corrected chi connectivity index (χ2v) is 2.36. The zero-order valence-electron chi connectivity index (χ0n) is 6.36. The average molecular weight is 138 g/mol. The first-order chi connectivity index (χ1) is 4.61. The van der Waals surface area contributed by atoms with Gasteiger partial charge >= 0.3 is 0 Å². The maximum Gasteiger partial charge on any atom is 0.254 e. The van der Waals surface area contributed by atoms with Crippen molar-refractivity contribution in [1.82, 2.24) is 9.97 Å². The van der Waals surface area contributed by atoms with Crippen LogP contribution >= 0.6 is 0 Å². The number of nitrogens with zero attached hydrogens (tertiary/aromatic N) is 1. The minimum Gasteiger partial charge on any atom is -0.311 e. The van der Waals surface area contributed by atoms with Crippen LogP contribution in [0.4, 0.5) is 0 Å². The summed E-state index contributed by atoms with van der Waals surface area (Å²) in [7, 11) is 0. The predicted molar refractivity (Wildman–Crippen MR) is 39.1 cm³/mol. The highest BCUT2D eigenvalue weighted by Gasteiger charge is 1.98. The minimum atomic E-state index is -0.0370. The molecule has 54 valence electrons. The van der Waals surface area contributed by atoms with Gasteiger partial charge in [-0.3, -0.25) is 4.79 Å². The van der Waals surface area contributed by atoms with Gasteiger partial charge < -0.3 is 4.98 Å². The molecule has 3 heteroatoms. The highest BCUT2D eigenvalue weighted by molar-refractivity contribution is 5.13. The first kappa shape index (κ1) is 6.99. The Morgan fingerprint density at radius 3 is 2.40 bits per heavy atom. The van der Waals surface area contributed by atoms with Crippen LogP contribution in [0.15, 0.2) is 4.79 Å². The number of aryl methyl sites for hydroxylation is 2. The van der Waals surface area contributed by atoms with Crippen molar-refractivity contribution >= 4 is 0 Å². The van der Waals surface area contributed by atoms with E-state index in [1.807, 2.05) is 6.92 Å². The van der Waals surface area contributed by atoms with Gasteiger partial charge in [-0.1, -0.05) is 0 Å². The molecule has 10 heavy (non-hydrogen) atoms. The molecular formula is C7H10N2O. The fourth-order valence-corrected chi connectivity index (χ4v) is 0.786. The molecule has 0 atom stereocenters. The topological polar surface area (TPSA) is 45.8 Å². The molecule has 1 aromatic rings. The van der Waals surface area contributed by atoms with Crippen molar-refractivity contribution in [2.45, 2.75) is 20.8 Å². The van der Waals surface area contributed by atoms with E-state index in [-0.39, 0.29) is 5.56 Å². The summed E-state index contributed by atoms with van der Waals surface area (Å²) < 4.78 is 0. The SMILES string of the molecule is Cc1nc(C)c(C)c(=O)[nH]1. The van der Waals surface area contributed by atoms with Gasteiger partial charge in [-0.2, -0.15) is 0 Å². The molecular weight excluding hydrogens is 128 g/mol. The molecule has 1 N–H and O–H groups in total. The predicted octanol–water partition coefficient (Wildman–Crippen LogP) is 0.695. The zero-order chi connectivity index (χ0) is 7.72. The Bertz CT molecular complexity index is 301. The lowest BCUT2D eigenvalue weighted by molar-refractivity contribution is 0.954. The number of hydrogen-bond donors (Lipinski definition) is 1. The van der Waals surface area contributed by atoms with Gasteiger partial charge in [0.05, 0.1) is 0 Å². The Morgan fingerprint density at radius 1 is 1.30 bits per heavy atom. The molecule has 0 aliphatic heterocycles. The first-order valence-electron chi connectivity index (χ1n) is 3.15. The molecule has 0 bridgehead atoms. The van der Waals surface area contributed by atoms with Gasteiger partial charge in [-0.25, -0.2) is 4.98 Å². The van der Waals surface area contributed by atoms with Crippen molar-refractivity contribution in [3.63, 3.8) is 0 Å². The summed E-state index contributed by atoms with van der Waals surface area (Å²) in [6.45, 7) is 5.37. The molecule has 0 fully saturated rings. The quantitative estimate of drug-likeness (QED) is 0.573. The minimum absolute atomic E-state index is 0.0370. The molecule has 0 amide bonds. The lowest BCUT2D eigenvalue weighted by atomic mass is 10.3. The van der Waals surface area contributed by atoms with E-state index in [1.165, 1.54) is 0 Å². The van der Waals surface area contributed by atoms with Crippen LogP contribution < -0.4 is 5.56 Å². The summed E-state index contributed by atoms with van der Waals surface area (Å²) in [6.07, 6.45) is 0. The van der Waals surface area contributed by atoms with Crippen molar-refractivity contribution in [3.05, 3.63) is 27.4 Å². The number of nitrogens with one attached hydrogen (secondary N) is 1. The molecule has 0 aliphatic rings. The summed E-state index contributed by atoms with van der Waals surface area (Å²) in [4.78, 5) is 17.7. The fourth-order valence-electron chi connectivity index (χ4n) is 0.786. The van der Waals surface area contributed by atoms with Crippen molar-refractivity contribution < 1.29 is 0 Å². The van der Waals surface area contributed by atoms with Crippen molar-refractivity contribution in [1.29, 1.82) is 0 Å². The lowest BCUT2D eigenvalue weighted by Crippen LogP contribution is -2.14. The van der Waals surface area contributed by atoms with Crippen LogP contribution in [0.1, 0.15) is 17.1 Å². The van der Waals surface area contributed by atoms with Gasteiger partial charge in [-0.05, 0) is 20.8 Å². The van der Waals surface area contributed by atoms with E-state index >= 15 is 0 Å². The molecule has 0 radical (unpaired) electrons. The van der Waals surface area contributed by atoms with Crippen LogP contribution in [0, 0.1) is 20.8 Å². The molecule has 0 unspecified atom stereocenters. The summed E-state index contributed by atoms with van der Waals surface area (Å²) in [6, 6.07) is 0. The summed E-state index contributed by atoms with van der Waals surface area (Å²) >= 11 is 0. The second kappa shape index (κ2) is 2.25.